The van der Waals surface area contributed by atoms with Gasteiger partial charge in [-0.05, 0) is 26.3 Å². The van der Waals surface area contributed by atoms with Crippen molar-refractivity contribution in [2.45, 2.75) is 26.7 Å². The largest absolute Gasteiger partial charge is 0.466 e. The van der Waals surface area contributed by atoms with Crippen LogP contribution in [-0.4, -0.2) is 30.8 Å². The fourth-order valence-electron chi connectivity index (χ4n) is 2.99. The summed E-state index contributed by atoms with van der Waals surface area (Å²) in [5, 5.41) is 0. The van der Waals surface area contributed by atoms with Crippen LogP contribution in [0.2, 0.25) is 0 Å². The maximum Gasteiger partial charge on any atom is 0.336 e. The number of ketones is 1. The Morgan fingerprint density at radius 1 is 1.05 bits per heavy atom. The van der Waals surface area contributed by atoms with Gasteiger partial charge in [-0.25, -0.2) is 4.79 Å². The summed E-state index contributed by atoms with van der Waals surface area (Å²) in [6.07, 6.45) is 0. The zero-order chi connectivity index (χ0) is 16.4. The summed E-state index contributed by atoms with van der Waals surface area (Å²) in [5.74, 6) is -0.820. The minimum absolute atomic E-state index is 0.0351. The summed E-state index contributed by atoms with van der Waals surface area (Å²) in [7, 11) is 3.22. The number of esters is 1. The van der Waals surface area contributed by atoms with Crippen LogP contribution in [0, 0.1) is 0 Å². The number of nitrogens with zero attached hydrogens (tertiary/aromatic N) is 1. The Kier molecular flexibility index (Phi) is 4.50. The first kappa shape index (κ1) is 16.0. The molecule has 0 saturated carbocycles. The highest BCUT2D eigenvalue weighted by Crippen LogP contribution is 2.41. The van der Waals surface area contributed by atoms with Crippen molar-refractivity contribution in [3.8, 4) is 0 Å². The van der Waals surface area contributed by atoms with Gasteiger partial charge < -0.3 is 9.64 Å². The Morgan fingerprint density at radius 3 is 2.09 bits per heavy atom. The summed E-state index contributed by atoms with van der Waals surface area (Å²) in [6, 6.07) is 9.59. The van der Waals surface area contributed by atoms with Crippen molar-refractivity contribution in [2.75, 3.05) is 14.2 Å². The topological polar surface area (TPSA) is 46.6 Å². The Morgan fingerprint density at radius 2 is 1.59 bits per heavy atom. The summed E-state index contributed by atoms with van der Waals surface area (Å²) >= 11 is 0. The monoisotopic (exact) mass is 299 g/mol. The molecule has 0 aliphatic carbocycles. The van der Waals surface area contributed by atoms with Gasteiger partial charge in [-0.1, -0.05) is 30.3 Å². The van der Waals surface area contributed by atoms with Crippen molar-refractivity contribution in [2.24, 2.45) is 0 Å². The third-order valence-electron chi connectivity index (χ3n) is 4.28. The van der Waals surface area contributed by atoms with Crippen molar-refractivity contribution in [1.82, 2.24) is 4.90 Å². The predicted molar refractivity (Wildman–Crippen MR) is 85.0 cm³/mol. The van der Waals surface area contributed by atoms with E-state index in [2.05, 4.69) is 0 Å². The summed E-state index contributed by atoms with van der Waals surface area (Å²) in [4.78, 5) is 26.5. The van der Waals surface area contributed by atoms with Crippen LogP contribution < -0.4 is 0 Å². The third-order valence-corrected chi connectivity index (χ3v) is 4.28. The zero-order valence-corrected chi connectivity index (χ0v) is 13.6. The fraction of sp³-hybridized carbons (Fsp3) is 0.333. The quantitative estimate of drug-likeness (QED) is 0.805. The minimum Gasteiger partial charge on any atom is -0.466 e. The van der Waals surface area contributed by atoms with Gasteiger partial charge >= 0.3 is 5.97 Å². The highest BCUT2D eigenvalue weighted by Gasteiger charge is 2.37. The molecule has 0 N–H and O–H groups in total. The van der Waals surface area contributed by atoms with Crippen LogP contribution in [0.25, 0.3) is 0 Å². The molecular weight excluding hydrogens is 278 g/mol. The van der Waals surface area contributed by atoms with E-state index in [1.165, 1.54) is 14.0 Å². The first-order valence-electron chi connectivity index (χ1n) is 7.19. The molecule has 0 radical (unpaired) electrons. The number of hydrogen-bond donors (Lipinski definition) is 0. The highest BCUT2D eigenvalue weighted by molar-refractivity contribution is 6.02. The SMILES string of the molecule is COC(=O)C1=C(C)N(C)C(C)=C(C(C)=O)C1c1ccccc1. The molecule has 1 unspecified atom stereocenters. The van der Waals surface area contributed by atoms with Crippen molar-refractivity contribution in [3.63, 3.8) is 0 Å². The van der Waals surface area contributed by atoms with Gasteiger partial charge in [0, 0.05) is 29.9 Å². The average Bonchev–Trinajstić information content (AvgIpc) is 2.52. The number of carbonyl (C=O) groups is 2. The standard InChI is InChI=1S/C18H21NO3/c1-11-15(13(3)20)17(14-9-7-6-8-10-14)16(18(21)22-5)12(2)19(11)4/h6-10,17H,1-5H3. The van der Waals surface area contributed by atoms with Gasteiger partial charge in [0.05, 0.1) is 12.7 Å². The predicted octanol–water partition coefficient (Wildman–Crippen LogP) is 3.03. The van der Waals surface area contributed by atoms with Gasteiger partial charge in [0.2, 0.25) is 0 Å². The molecule has 1 aromatic rings. The van der Waals surface area contributed by atoms with Crippen LogP contribution in [0.15, 0.2) is 52.9 Å². The zero-order valence-electron chi connectivity index (χ0n) is 13.6. The van der Waals surface area contributed by atoms with Crippen LogP contribution in [-0.2, 0) is 14.3 Å². The molecule has 22 heavy (non-hydrogen) atoms. The summed E-state index contributed by atoms with van der Waals surface area (Å²) < 4.78 is 4.97. The van der Waals surface area contributed by atoms with Gasteiger partial charge in [0.15, 0.2) is 5.78 Å². The molecule has 0 amide bonds. The highest BCUT2D eigenvalue weighted by atomic mass is 16.5. The number of hydrogen-bond acceptors (Lipinski definition) is 4. The van der Waals surface area contributed by atoms with Crippen molar-refractivity contribution < 1.29 is 14.3 Å². The molecule has 4 heteroatoms. The van der Waals surface area contributed by atoms with Crippen LogP contribution in [0.5, 0.6) is 0 Å². The fourth-order valence-corrected chi connectivity index (χ4v) is 2.99. The lowest BCUT2D eigenvalue weighted by Gasteiger charge is -2.35. The smallest absolute Gasteiger partial charge is 0.336 e. The Balaban J connectivity index is 2.74. The molecule has 0 spiro atoms. The van der Waals surface area contributed by atoms with E-state index in [0.29, 0.717) is 11.1 Å². The van der Waals surface area contributed by atoms with E-state index < -0.39 is 5.97 Å². The van der Waals surface area contributed by atoms with Crippen LogP contribution >= 0.6 is 0 Å². The van der Waals surface area contributed by atoms with E-state index in [1.54, 1.807) is 0 Å². The third kappa shape index (κ3) is 2.56. The first-order chi connectivity index (χ1) is 10.4. The van der Waals surface area contributed by atoms with Crippen molar-refractivity contribution in [1.29, 1.82) is 0 Å². The van der Waals surface area contributed by atoms with Crippen molar-refractivity contribution in [3.05, 3.63) is 58.4 Å². The van der Waals surface area contributed by atoms with Crippen LogP contribution in [0.1, 0.15) is 32.3 Å². The lowest BCUT2D eigenvalue weighted by atomic mass is 9.78. The number of methoxy groups -OCH3 is 1. The molecule has 0 fully saturated rings. The van der Waals surface area contributed by atoms with E-state index in [9.17, 15) is 9.59 Å². The van der Waals surface area contributed by atoms with E-state index >= 15 is 0 Å². The Labute approximate surface area is 131 Å². The summed E-state index contributed by atoms with van der Waals surface area (Å²) in [5.41, 5.74) is 3.75. The maximum atomic E-state index is 12.3. The van der Waals surface area contributed by atoms with E-state index in [4.69, 9.17) is 4.74 Å². The number of Topliss-reactive ketones (excluding diaryl/α,β-unsaturated/α-hetero) is 1. The van der Waals surface area contributed by atoms with Gasteiger partial charge in [-0.15, -0.1) is 0 Å². The lowest BCUT2D eigenvalue weighted by Crippen LogP contribution is -2.32. The molecule has 1 aliphatic heterocycles. The molecule has 0 saturated heterocycles. The average molecular weight is 299 g/mol. The molecule has 0 bridgehead atoms. The number of benzene rings is 1. The van der Waals surface area contributed by atoms with Crippen molar-refractivity contribution >= 4 is 11.8 Å². The number of allylic oxidation sites excluding steroid dienone is 3. The second-order valence-corrected chi connectivity index (χ2v) is 5.45. The van der Waals surface area contributed by atoms with E-state index in [1.807, 2.05) is 56.1 Å². The Bertz CT molecular complexity index is 671. The number of carbonyl (C=O) groups excluding carboxylic acids is 2. The lowest BCUT2D eigenvalue weighted by molar-refractivity contribution is -0.136. The van der Waals surface area contributed by atoms with Crippen LogP contribution in [0.4, 0.5) is 0 Å². The molecule has 1 aromatic carbocycles. The second kappa shape index (κ2) is 6.18. The van der Waals surface area contributed by atoms with Gasteiger partial charge in [-0.3, -0.25) is 4.79 Å². The van der Waals surface area contributed by atoms with Gasteiger partial charge in [0.25, 0.3) is 0 Å². The number of ether oxygens (including phenoxy) is 1. The van der Waals surface area contributed by atoms with Crippen LogP contribution in [0.3, 0.4) is 0 Å². The normalized spacial score (nSPS) is 18.6. The number of rotatable bonds is 3. The van der Waals surface area contributed by atoms with E-state index in [-0.39, 0.29) is 11.7 Å². The van der Waals surface area contributed by atoms with Gasteiger partial charge in [-0.2, -0.15) is 0 Å². The summed E-state index contributed by atoms with van der Waals surface area (Å²) in [6.45, 7) is 5.32. The molecule has 1 heterocycles. The maximum absolute atomic E-state index is 12.3. The van der Waals surface area contributed by atoms with E-state index in [0.717, 1.165) is 17.0 Å². The second-order valence-electron chi connectivity index (χ2n) is 5.45. The molecular formula is C18H21NO3. The molecule has 4 nitrogen and oxygen atoms in total. The molecule has 1 aliphatic rings. The Hall–Kier alpha value is -2.36. The first-order valence-corrected chi connectivity index (χ1v) is 7.19. The molecule has 0 aromatic heterocycles. The molecule has 1 atom stereocenters. The molecule has 116 valence electrons. The molecule has 2 rings (SSSR count). The van der Waals surface area contributed by atoms with Gasteiger partial charge in [0.1, 0.15) is 0 Å². The minimum atomic E-state index is -0.399.